The van der Waals surface area contributed by atoms with Gasteiger partial charge in [-0.25, -0.2) is 4.68 Å². The highest BCUT2D eigenvalue weighted by molar-refractivity contribution is 7.85. The third-order valence-electron chi connectivity index (χ3n) is 7.81. The monoisotopic (exact) mass is 616 g/mol. The van der Waals surface area contributed by atoms with Crippen molar-refractivity contribution in [3.8, 4) is 22.6 Å². The van der Waals surface area contributed by atoms with Crippen LogP contribution in [-0.4, -0.2) is 60.0 Å². The van der Waals surface area contributed by atoms with Gasteiger partial charge in [0.25, 0.3) is 16.0 Å². The summed E-state index contributed by atoms with van der Waals surface area (Å²) >= 11 is 0. The van der Waals surface area contributed by atoms with Crippen LogP contribution < -0.4 is 15.0 Å². The number of rotatable bonds is 11. The van der Waals surface area contributed by atoms with Crippen molar-refractivity contribution in [1.82, 2.24) is 15.1 Å². The van der Waals surface area contributed by atoms with E-state index >= 15 is 0 Å². The summed E-state index contributed by atoms with van der Waals surface area (Å²) in [5.74, 6) is -0.0821. The molecule has 2 heterocycles. The first-order chi connectivity index (χ1) is 21.1. The fraction of sp³-hybridized carbons (Fsp3) is 0.303. The van der Waals surface area contributed by atoms with Crippen LogP contribution in [0.5, 0.6) is 5.75 Å². The van der Waals surface area contributed by atoms with Gasteiger partial charge < -0.3 is 15.0 Å². The average molecular weight is 617 g/mol. The number of nitrogens with one attached hydrogen (secondary N) is 1. The highest BCUT2D eigenvalue weighted by Crippen LogP contribution is 2.36. The van der Waals surface area contributed by atoms with E-state index in [1.807, 2.05) is 54.4 Å². The van der Waals surface area contributed by atoms with E-state index in [0.717, 1.165) is 46.5 Å². The van der Waals surface area contributed by atoms with E-state index in [2.05, 4.69) is 23.4 Å². The first-order valence-electron chi connectivity index (χ1n) is 14.6. The molecule has 11 heteroatoms. The third kappa shape index (κ3) is 7.35. The van der Waals surface area contributed by atoms with Gasteiger partial charge in [0.2, 0.25) is 5.91 Å². The number of fused-ring (bicyclic) bond motifs is 1. The number of nitrogens with zero attached hydrogens (tertiary/aromatic N) is 3. The van der Waals surface area contributed by atoms with E-state index in [1.165, 1.54) is 5.56 Å². The first kappa shape index (κ1) is 31.0. The fourth-order valence-corrected chi connectivity index (χ4v) is 5.72. The molecule has 1 aliphatic rings. The fourth-order valence-electron chi connectivity index (χ4n) is 5.36. The summed E-state index contributed by atoms with van der Waals surface area (Å²) in [5, 5.41) is 7.02. The number of aromatic nitrogens is 2. The van der Waals surface area contributed by atoms with E-state index in [9.17, 15) is 18.0 Å². The second-order valence-corrected chi connectivity index (χ2v) is 12.4. The second-order valence-electron chi connectivity index (χ2n) is 10.9. The Morgan fingerprint density at radius 2 is 1.86 bits per heavy atom. The summed E-state index contributed by atoms with van der Waals surface area (Å²) in [6.45, 7) is 5.04. The number of ether oxygens (including phenoxy) is 1. The molecule has 0 saturated heterocycles. The van der Waals surface area contributed by atoms with Crippen molar-refractivity contribution in [2.24, 2.45) is 0 Å². The first-order valence-corrected chi connectivity index (χ1v) is 16.2. The molecular formula is C33H36N4O6S. The van der Waals surface area contributed by atoms with Crippen molar-refractivity contribution in [1.29, 1.82) is 0 Å². The van der Waals surface area contributed by atoms with E-state index in [1.54, 1.807) is 29.1 Å². The van der Waals surface area contributed by atoms with Crippen LogP contribution >= 0.6 is 0 Å². The molecule has 1 aromatic heterocycles. The van der Waals surface area contributed by atoms with E-state index < -0.39 is 21.8 Å². The van der Waals surface area contributed by atoms with Crippen molar-refractivity contribution >= 4 is 27.6 Å². The van der Waals surface area contributed by atoms with Gasteiger partial charge in [-0.1, -0.05) is 30.3 Å². The van der Waals surface area contributed by atoms with Gasteiger partial charge in [-0.2, -0.15) is 13.5 Å². The maximum Gasteiger partial charge on any atom is 0.266 e. The highest BCUT2D eigenvalue weighted by Gasteiger charge is 2.25. The Morgan fingerprint density at radius 3 is 2.68 bits per heavy atom. The van der Waals surface area contributed by atoms with Crippen molar-refractivity contribution < 1.29 is 27.3 Å². The van der Waals surface area contributed by atoms with Gasteiger partial charge in [0.15, 0.2) is 0 Å². The zero-order valence-corrected chi connectivity index (χ0v) is 25.6. The Bertz CT molecular complexity index is 1780. The molecule has 1 aliphatic heterocycles. The Hall–Kier alpha value is -4.48. The lowest BCUT2D eigenvalue weighted by atomic mass is 9.93. The molecule has 0 bridgehead atoms. The number of aryl methyl sites for hydroxylation is 1. The summed E-state index contributed by atoms with van der Waals surface area (Å²) in [6, 6.07) is 18.8. The summed E-state index contributed by atoms with van der Waals surface area (Å²) in [7, 11) is -4.17. The SMILES string of the molecule is Cc1cccc(OCCCC(=O)N2CCCc3c(-c4cnn(-c5cccc(C(=O)NCCS(=O)(=O)O)c5)c4)cccc32)c1C. The molecule has 0 saturated carbocycles. The van der Waals surface area contributed by atoms with Crippen molar-refractivity contribution in [2.75, 3.05) is 30.3 Å². The normalized spacial score (nSPS) is 12.9. The smallest absolute Gasteiger partial charge is 0.266 e. The summed E-state index contributed by atoms with van der Waals surface area (Å²) < 4.78 is 38.4. The summed E-state index contributed by atoms with van der Waals surface area (Å²) in [5.41, 5.74) is 7.20. The van der Waals surface area contributed by atoms with Gasteiger partial charge in [-0.3, -0.25) is 14.1 Å². The standard InChI is InChI=1S/C33H36N4O6S/c1-23-8-3-14-31(24(23)2)43-18-7-15-32(38)36-17-6-12-29-28(11-5-13-30(29)36)26-21-35-37(22-26)27-10-4-9-25(20-27)33(39)34-16-19-44(40,41)42/h3-5,8-11,13-14,20-22H,6-7,12,15-19H2,1-2H3,(H,34,39)(H,40,41,42). The van der Waals surface area contributed by atoms with Gasteiger partial charge in [0.1, 0.15) is 5.75 Å². The third-order valence-corrected chi connectivity index (χ3v) is 8.53. The molecule has 10 nitrogen and oxygen atoms in total. The molecule has 0 radical (unpaired) electrons. The predicted octanol–water partition coefficient (Wildman–Crippen LogP) is 4.91. The number of hydrogen-bond donors (Lipinski definition) is 2. The van der Waals surface area contributed by atoms with E-state index in [4.69, 9.17) is 9.29 Å². The van der Waals surface area contributed by atoms with Gasteiger partial charge in [-0.05, 0) is 85.7 Å². The molecule has 0 spiro atoms. The van der Waals surface area contributed by atoms with Crippen LogP contribution in [0.3, 0.4) is 0 Å². The number of carbonyl (C=O) groups is 2. The molecule has 0 aliphatic carbocycles. The Morgan fingerprint density at radius 1 is 1.07 bits per heavy atom. The Balaban J connectivity index is 1.26. The lowest BCUT2D eigenvalue weighted by molar-refractivity contribution is -0.118. The van der Waals surface area contributed by atoms with E-state index in [0.29, 0.717) is 37.2 Å². The van der Waals surface area contributed by atoms with Crippen LogP contribution in [-0.2, 0) is 21.3 Å². The maximum absolute atomic E-state index is 13.3. The van der Waals surface area contributed by atoms with Gasteiger partial charge in [-0.15, -0.1) is 0 Å². The lowest BCUT2D eigenvalue weighted by Gasteiger charge is -2.31. The number of amides is 2. The van der Waals surface area contributed by atoms with Crippen LogP contribution in [0.1, 0.15) is 46.3 Å². The van der Waals surface area contributed by atoms with Gasteiger partial charge in [0.05, 0.1) is 24.2 Å². The highest BCUT2D eigenvalue weighted by atomic mass is 32.2. The topological polar surface area (TPSA) is 131 Å². The van der Waals surface area contributed by atoms with E-state index in [-0.39, 0.29) is 12.5 Å². The minimum atomic E-state index is -4.17. The predicted molar refractivity (Wildman–Crippen MR) is 169 cm³/mol. The van der Waals surface area contributed by atoms with Crippen LogP contribution in [0.4, 0.5) is 5.69 Å². The molecule has 0 fully saturated rings. The molecule has 230 valence electrons. The quantitative estimate of drug-likeness (QED) is 0.181. The number of anilines is 1. The van der Waals surface area contributed by atoms with Crippen LogP contribution in [0.2, 0.25) is 0 Å². The summed E-state index contributed by atoms with van der Waals surface area (Å²) in [6.07, 6.45) is 6.37. The van der Waals surface area contributed by atoms with Gasteiger partial charge in [0, 0.05) is 42.5 Å². The zero-order chi connectivity index (χ0) is 31.3. The van der Waals surface area contributed by atoms with Crippen LogP contribution in [0.25, 0.3) is 16.8 Å². The molecule has 2 amide bonds. The van der Waals surface area contributed by atoms with Crippen molar-refractivity contribution in [3.63, 3.8) is 0 Å². The van der Waals surface area contributed by atoms with Crippen LogP contribution in [0.15, 0.2) is 73.1 Å². The molecule has 4 aromatic rings. The largest absolute Gasteiger partial charge is 0.493 e. The molecule has 3 aromatic carbocycles. The number of carbonyl (C=O) groups excluding carboxylic acids is 2. The molecule has 0 atom stereocenters. The second kappa shape index (κ2) is 13.4. The minimum Gasteiger partial charge on any atom is -0.493 e. The molecule has 44 heavy (non-hydrogen) atoms. The molecule has 0 unspecified atom stereocenters. The molecule has 5 rings (SSSR count). The number of hydrogen-bond acceptors (Lipinski definition) is 6. The summed E-state index contributed by atoms with van der Waals surface area (Å²) in [4.78, 5) is 27.7. The lowest BCUT2D eigenvalue weighted by Crippen LogP contribution is -2.35. The number of benzene rings is 3. The maximum atomic E-state index is 13.3. The Kier molecular flexibility index (Phi) is 9.46. The van der Waals surface area contributed by atoms with Crippen molar-refractivity contribution in [3.05, 3.63) is 95.3 Å². The van der Waals surface area contributed by atoms with Gasteiger partial charge >= 0.3 is 0 Å². The molecule has 2 N–H and O–H groups in total. The Labute approximate surface area is 257 Å². The van der Waals surface area contributed by atoms with Crippen LogP contribution in [0, 0.1) is 13.8 Å². The molecular weight excluding hydrogens is 580 g/mol. The average Bonchev–Trinajstić information content (AvgIpc) is 3.50. The van der Waals surface area contributed by atoms with Crippen molar-refractivity contribution in [2.45, 2.75) is 39.5 Å². The zero-order valence-electron chi connectivity index (χ0n) is 24.8. The minimum absolute atomic E-state index is 0.0787.